The molecule has 2 rings (SSSR count). The Kier molecular flexibility index (Phi) is 2.30. The van der Waals surface area contributed by atoms with Gasteiger partial charge in [0.15, 0.2) is 0 Å². The highest BCUT2D eigenvalue weighted by atomic mass is 16.4. The van der Waals surface area contributed by atoms with Gasteiger partial charge in [-0.2, -0.15) is 0 Å². The van der Waals surface area contributed by atoms with Crippen LogP contribution in [0, 0.1) is 5.41 Å². The fourth-order valence-electron chi connectivity index (χ4n) is 2.16. The molecule has 0 aromatic rings. The van der Waals surface area contributed by atoms with Crippen molar-refractivity contribution in [2.45, 2.75) is 51.6 Å². The Bertz CT molecular complexity index is 244. The first-order chi connectivity index (χ1) is 6.53. The number of carbonyl (C=O) groups is 1. The first kappa shape index (κ1) is 9.97. The van der Waals surface area contributed by atoms with E-state index in [1.54, 1.807) is 0 Å². The average Bonchev–Trinajstić information content (AvgIpc) is 2.93. The van der Waals surface area contributed by atoms with Gasteiger partial charge in [0.05, 0.1) is 6.54 Å². The van der Waals surface area contributed by atoms with Crippen LogP contribution in [-0.4, -0.2) is 34.6 Å². The van der Waals surface area contributed by atoms with Crippen LogP contribution in [0.2, 0.25) is 0 Å². The molecule has 80 valence electrons. The summed E-state index contributed by atoms with van der Waals surface area (Å²) in [6.45, 7) is 4.69. The van der Waals surface area contributed by atoms with Crippen LogP contribution in [-0.2, 0) is 4.79 Å². The Balaban J connectivity index is 1.98. The second-order valence-electron chi connectivity index (χ2n) is 5.13. The topological polar surface area (TPSA) is 40.5 Å². The van der Waals surface area contributed by atoms with Crippen molar-refractivity contribution in [3.05, 3.63) is 0 Å². The molecule has 1 atom stereocenters. The predicted octanol–water partition coefficient (Wildman–Crippen LogP) is 1.72. The summed E-state index contributed by atoms with van der Waals surface area (Å²) >= 11 is 0. The normalized spacial score (nSPS) is 26.2. The first-order valence-corrected chi connectivity index (χ1v) is 5.50. The number of carboxylic acids is 1. The van der Waals surface area contributed by atoms with Crippen molar-refractivity contribution >= 4 is 5.97 Å². The monoisotopic (exact) mass is 197 g/mol. The third kappa shape index (κ3) is 1.92. The highest BCUT2D eigenvalue weighted by Gasteiger charge is 2.48. The van der Waals surface area contributed by atoms with Crippen molar-refractivity contribution < 1.29 is 9.90 Å². The zero-order chi connectivity index (χ0) is 10.3. The van der Waals surface area contributed by atoms with E-state index in [2.05, 4.69) is 18.7 Å². The van der Waals surface area contributed by atoms with Crippen molar-refractivity contribution in [3.8, 4) is 0 Å². The lowest BCUT2D eigenvalue weighted by Gasteiger charge is -2.32. The van der Waals surface area contributed by atoms with E-state index in [1.807, 2.05) is 0 Å². The Hall–Kier alpha value is -0.570. The third-order valence-electron chi connectivity index (χ3n) is 3.88. The maximum atomic E-state index is 10.8. The summed E-state index contributed by atoms with van der Waals surface area (Å²) < 4.78 is 0. The van der Waals surface area contributed by atoms with Crippen LogP contribution >= 0.6 is 0 Å². The standard InChI is InChI=1S/C11H19NO2/c1-8(11(2)5-6-11)12(7-10(13)14)9-3-4-9/h8-9H,3-7H2,1-2H3,(H,13,14). The van der Waals surface area contributed by atoms with Crippen LogP contribution in [0.4, 0.5) is 0 Å². The summed E-state index contributed by atoms with van der Waals surface area (Å²) in [5.74, 6) is -0.687. The van der Waals surface area contributed by atoms with Crippen molar-refractivity contribution in [2.24, 2.45) is 5.41 Å². The van der Waals surface area contributed by atoms with Gasteiger partial charge in [-0.1, -0.05) is 6.92 Å². The average molecular weight is 197 g/mol. The van der Waals surface area contributed by atoms with Gasteiger partial charge in [-0.05, 0) is 38.0 Å². The largest absolute Gasteiger partial charge is 0.480 e. The summed E-state index contributed by atoms with van der Waals surface area (Å²) in [7, 11) is 0. The summed E-state index contributed by atoms with van der Waals surface area (Å²) in [6, 6.07) is 0.990. The number of hydrogen-bond acceptors (Lipinski definition) is 2. The zero-order valence-corrected chi connectivity index (χ0v) is 8.99. The fraction of sp³-hybridized carbons (Fsp3) is 0.909. The van der Waals surface area contributed by atoms with Crippen molar-refractivity contribution in [2.75, 3.05) is 6.54 Å². The Morgan fingerprint density at radius 1 is 1.57 bits per heavy atom. The quantitative estimate of drug-likeness (QED) is 0.729. The molecule has 0 aromatic carbocycles. The smallest absolute Gasteiger partial charge is 0.317 e. The Morgan fingerprint density at radius 3 is 2.50 bits per heavy atom. The predicted molar refractivity (Wildman–Crippen MR) is 54.2 cm³/mol. The van der Waals surface area contributed by atoms with E-state index in [0.717, 1.165) is 0 Å². The van der Waals surface area contributed by atoms with E-state index < -0.39 is 5.97 Å². The number of aliphatic carboxylic acids is 1. The van der Waals surface area contributed by atoms with Gasteiger partial charge in [0.2, 0.25) is 0 Å². The molecule has 2 saturated carbocycles. The summed E-state index contributed by atoms with van der Waals surface area (Å²) in [4.78, 5) is 12.9. The molecule has 2 aliphatic rings. The number of rotatable bonds is 5. The third-order valence-corrected chi connectivity index (χ3v) is 3.88. The maximum Gasteiger partial charge on any atom is 0.317 e. The molecule has 0 amide bonds. The molecule has 3 nitrogen and oxygen atoms in total. The van der Waals surface area contributed by atoms with Gasteiger partial charge in [-0.15, -0.1) is 0 Å². The van der Waals surface area contributed by atoms with E-state index in [1.165, 1.54) is 25.7 Å². The summed E-state index contributed by atoms with van der Waals surface area (Å²) in [5, 5.41) is 8.85. The van der Waals surface area contributed by atoms with Crippen LogP contribution in [0.1, 0.15) is 39.5 Å². The highest BCUT2D eigenvalue weighted by molar-refractivity contribution is 5.69. The van der Waals surface area contributed by atoms with E-state index in [0.29, 0.717) is 17.5 Å². The second kappa shape index (κ2) is 3.23. The molecule has 14 heavy (non-hydrogen) atoms. The van der Waals surface area contributed by atoms with Crippen LogP contribution in [0.15, 0.2) is 0 Å². The van der Waals surface area contributed by atoms with Gasteiger partial charge in [0.1, 0.15) is 0 Å². The van der Waals surface area contributed by atoms with Gasteiger partial charge in [0, 0.05) is 12.1 Å². The van der Waals surface area contributed by atoms with Gasteiger partial charge in [0.25, 0.3) is 0 Å². The van der Waals surface area contributed by atoms with Gasteiger partial charge < -0.3 is 5.11 Å². The minimum Gasteiger partial charge on any atom is -0.480 e. The molecular formula is C11H19NO2. The van der Waals surface area contributed by atoms with E-state index in [9.17, 15) is 4.79 Å². The van der Waals surface area contributed by atoms with Crippen LogP contribution in [0.5, 0.6) is 0 Å². The van der Waals surface area contributed by atoms with E-state index >= 15 is 0 Å². The fourth-order valence-corrected chi connectivity index (χ4v) is 2.16. The van der Waals surface area contributed by atoms with Crippen LogP contribution in [0.3, 0.4) is 0 Å². The Morgan fingerprint density at radius 2 is 2.14 bits per heavy atom. The summed E-state index contributed by atoms with van der Waals surface area (Å²) in [5.41, 5.74) is 0.401. The molecular weight excluding hydrogens is 178 g/mol. The first-order valence-electron chi connectivity index (χ1n) is 5.50. The molecule has 0 bridgehead atoms. The molecule has 0 radical (unpaired) electrons. The second-order valence-corrected chi connectivity index (χ2v) is 5.13. The molecule has 3 heteroatoms. The molecule has 2 aliphatic carbocycles. The number of hydrogen-bond donors (Lipinski definition) is 1. The maximum absolute atomic E-state index is 10.8. The summed E-state index contributed by atoms with van der Waals surface area (Å²) in [6.07, 6.45) is 4.90. The number of nitrogens with zero attached hydrogens (tertiary/aromatic N) is 1. The van der Waals surface area contributed by atoms with Crippen LogP contribution < -0.4 is 0 Å². The lowest BCUT2D eigenvalue weighted by molar-refractivity contribution is -0.139. The molecule has 1 unspecified atom stereocenters. The molecule has 1 N–H and O–H groups in total. The molecule has 0 saturated heterocycles. The van der Waals surface area contributed by atoms with Crippen molar-refractivity contribution in [3.63, 3.8) is 0 Å². The molecule has 0 aromatic heterocycles. The zero-order valence-electron chi connectivity index (χ0n) is 8.99. The van der Waals surface area contributed by atoms with E-state index in [4.69, 9.17) is 5.11 Å². The van der Waals surface area contributed by atoms with E-state index in [-0.39, 0.29) is 6.54 Å². The van der Waals surface area contributed by atoms with Crippen LogP contribution in [0.25, 0.3) is 0 Å². The lowest BCUT2D eigenvalue weighted by Crippen LogP contribution is -2.43. The van der Waals surface area contributed by atoms with Gasteiger partial charge in [-0.25, -0.2) is 0 Å². The highest BCUT2D eigenvalue weighted by Crippen LogP contribution is 2.51. The number of carboxylic acid groups (broad SMARTS) is 1. The van der Waals surface area contributed by atoms with Crippen molar-refractivity contribution in [1.82, 2.24) is 4.90 Å². The lowest BCUT2D eigenvalue weighted by atomic mass is 9.99. The SMILES string of the molecule is CC(N(CC(=O)O)C1CC1)C1(C)CC1. The minimum absolute atomic E-state index is 0.224. The molecule has 0 spiro atoms. The molecule has 2 fully saturated rings. The van der Waals surface area contributed by atoms with Gasteiger partial charge in [-0.3, -0.25) is 9.69 Å². The Labute approximate surface area is 85.1 Å². The van der Waals surface area contributed by atoms with Gasteiger partial charge >= 0.3 is 5.97 Å². The molecule has 0 heterocycles. The minimum atomic E-state index is -0.687. The molecule has 0 aliphatic heterocycles. The van der Waals surface area contributed by atoms with Crippen molar-refractivity contribution in [1.29, 1.82) is 0 Å².